The second-order valence-corrected chi connectivity index (χ2v) is 6.27. The highest BCUT2D eigenvalue weighted by Gasteiger charge is 2.23. The Hall–Kier alpha value is -3.07. The monoisotopic (exact) mass is 357 g/mol. The van der Waals surface area contributed by atoms with Crippen molar-refractivity contribution < 1.29 is 9.72 Å². The lowest BCUT2D eigenvalue weighted by Gasteiger charge is -2.28. The summed E-state index contributed by atoms with van der Waals surface area (Å²) in [5.41, 5.74) is 1.96. The maximum Gasteiger partial charge on any atom is 0.269 e. The predicted molar refractivity (Wildman–Crippen MR) is 95.0 cm³/mol. The lowest BCUT2D eigenvalue weighted by Crippen LogP contribution is -2.42. The smallest absolute Gasteiger partial charge is 0.269 e. The fourth-order valence-electron chi connectivity index (χ4n) is 2.95. The molecule has 1 aliphatic heterocycles. The molecular formula is C17H19N5O4. The van der Waals surface area contributed by atoms with E-state index in [-0.39, 0.29) is 23.7 Å². The number of amides is 1. The Balaban J connectivity index is 1.67. The van der Waals surface area contributed by atoms with Gasteiger partial charge < -0.3 is 9.47 Å². The van der Waals surface area contributed by atoms with Crippen molar-refractivity contribution in [3.05, 3.63) is 62.3 Å². The summed E-state index contributed by atoms with van der Waals surface area (Å²) in [5.74, 6) is -0.133. The van der Waals surface area contributed by atoms with Crippen LogP contribution in [0.4, 0.5) is 11.4 Å². The number of hydrogen-bond acceptors (Lipinski definition) is 6. The summed E-state index contributed by atoms with van der Waals surface area (Å²) in [6.07, 6.45) is 2.06. The summed E-state index contributed by atoms with van der Waals surface area (Å²) >= 11 is 0. The number of nitro benzene ring substituents is 1. The van der Waals surface area contributed by atoms with Crippen LogP contribution in [0.5, 0.6) is 0 Å². The highest BCUT2D eigenvalue weighted by molar-refractivity contribution is 5.94. The van der Waals surface area contributed by atoms with E-state index in [9.17, 15) is 19.7 Å². The van der Waals surface area contributed by atoms with E-state index in [1.54, 1.807) is 26.2 Å². The molecule has 0 saturated carbocycles. The van der Waals surface area contributed by atoms with Gasteiger partial charge in [-0.2, -0.15) is 0 Å². The first-order valence-corrected chi connectivity index (χ1v) is 8.13. The van der Waals surface area contributed by atoms with Crippen molar-refractivity contribution in [3.8, 4) is 0 Å². The number of anilines is 1. The van der Waals surface area contributed by atoms with Gasteiger partial charge in [0, 0.05) is 50.6 Å². The van der Waals surface area contributed by atoms with Crippen LogP contribution >= 0.6 is 0 Å². The van der Waals surface area contributed by atoms with Gasteiger partial charge in [0.25, 0.3) is 11.2 Å². The van der Waals surface area contributed by atoms with Crippen LogP contribution in [-0.4, -0.2) is 45.4 Å². The van der Waals surface area contributed by atoms with Crippen LogP contribution < -0.4 is 10.5 Å². The van der Waals surface area contributed by atoms with Gasteiger partial charge in [-0.1, -0.05) is 0 Å². The highest BCUT2D eigenvalue weighted by atomic mass is 16.6. The number of carbonyl (C=O) groups excluding carboxylic acids is 1. The van der Waals surface area contributed by atoms with E-state index >= 15 is 0 Å². The molecule has 0 spiro atoms. The Kier molecular flexibility index (Phi) is 4.81. The number of non-ortho nitro benzene ring substituents is 1. The molecule has 3 rings (SSSR count). The van der Waals surface area contributed by atoms with Crippen molar-refractivity contribution >= 4 is 17.3 Å². The van der Waals surface area contributed by atoms with Crippen molar-refractivity contribution in [1.82, 2.24) is 14.5 Å². The second-order valence-electron chi connectivity index (χ2n) is 6.27. The van der Waals surface area contributed by atoms with Crippen LogP contribution in [0.1, 0.15) is 11.3 Å². The number of likely N-dealkylation sites (N-methyl/N-ethyl adjacent to an activating group) is 1. The van der Waals surface area contributed by atoms with E-state index in [0.29, 0.717) is 36.5 Å². The van der Waals surface area contributed by atoms with Gasteiger partial charge in [0.1, 0.15) is 0 Å². The molecule has 9 nitrogen and oxygen atoms in total. The maximum absolute atomic E-state index is 12.5. The van der Waals surface area contributed by atoms with Gasteiger partial charge in [-0.25, -0.2) is 4.98 Å². The lowest BCUT2D eigenvalue weighted by molar-refractivity contribution is -0.384. The van der Waals surface area contributed by atoms with Gasteiger partial charge in [-0.05, 0) is 18.6 Å². The Labute approximate surface area is 149 Å². The predicted octanol–water partition coefficient (Wildman–Crippen LogP) is 0.710. The van der Waals surface area contributed by atoms with Gasteiger partial charge in [0.2, 0.25) is 5.91 Å². The fraction of sp³-hybridized carbons (Fsp3) is 0.353. The summed E-state index contributed by atoms with van der Waals surface area (Å²) in [6.45, 7) is 1.24. The molecule has 2 aromatic rings. The van der Waals surface area contributed by atoms with Crippen LogP contribution in [0, 0.1) is 10.1 Å². The fourth-order valence-corrected chi connectivity index (χ4v) is 2.95. The molecule has 0 N–H and O–H groups in total. The van der Waals surface area contributed by atoms with Gasteiger partial charge >= 0.3 is 0 Å². The van der Waals surface area contributed by atoms with Crippen LogP contribution in [0.3, 0.4) is 0 Å². The third-order valence-corrected chi connectivity index (χ3v) is 4.55. The Morgan fingerprint density at radius 2 is 2.04 bits per heavy atom. The molecule has 0 aliphatic carbocycles. The van der Waals surface area contributed by atoms with E-state index in [0.717, 1.165) is 0 Å². The average molecular weight is 357 g/mol. The topological polar surface area (TPSA) is 102 Å². The second kappa shape index (κ2) is 7.04. The average Bonchev–Trinajstić information content (AvgIpc) is 2.64. The zero-order valence-corrected chi connectivity index (χ0v) is 14.6. The molecule has 9 heteroatoms. The molecule has 26 heavy (non-hydrogen) atoms. The summed E-state index contributed by atoms with van der Waals surface area (Å²) in [7, 11) is 3.31. The highest BCUT2D eigenvalue weighted by Crippen LogP contribution is 2.19. The number of benzene rings is 1. The van der Waals surface area contributed by atoms with Crippen LogP contribution in [-0.2, 0) is 24.8 Å². The van der Waals surface area contributed by atoms with E-state index in [4.69, 9.17) is 0 Å². The minimum atomic E-state index is -0.478. The Morgan fingerprint density at radius 1 is 1.35 bits per heavy atom. The number of aromatic nitrogens is 2. The SMILES string of the molecule is CN(C(=O)CN1CCc2c(ncn(C)c2=O)C1)c1ccc([N+](=O)[O-])cc1. The molecule has 0 bridgehead atoms. The normalized spacial score (nSPS) is 13.9. The number of nitrogens with zero attached hydrogens (tertiary/aromatic N) is 5. The number of aryl methyl sites for hydroxylation is 1. The third kappa shape index (κ3) is 3.47. The molecular weight excluding hydrogens is 338 g/mol. The number of rotatable bonds is 4. The van der Waals surface area contributed by atoms with Gasteiger partial charge in [-0.15, -0.1) is 0 Å². The van der Waals surface area contributed by atoms with Crippen LogP contribution in [0.2, 0.25) is 0 Å². The largest absolute Gasteiger partial charge is 0.314 e. The standard InChI is InChI=1S/C17H19N5O4/c1-19-11-18-15-9-21(8-7-14(15)17(19)24)10-16(23)20(2)12-3-5-13(6-4-12)22(25)26/h3-6,11H,7-10H2,1-2H3. The minimum absolute atomic E-state index is 0.0186. The van der Waals surface area contributed by atoms with E-state index < -0.39 is 4.92 Å². The van der Waals surface area contributed by atoms with Crippen LogP contribution in [0.25, 0.3) is 0 Å². The summed E-state index contributed by atoms with van der Waals surface area (Å²) in [5, 5.41) is 10.7. The first kappa shape index (κ1) is 17.7. The molecule has 1 aliphatic rings. The molecule has 1 amide bonds. The molecule has 0 fully saturated rings. The van der Waals surface area contributed by atoms with Crippen molar-refractivity contribution in [1.29, 1.82) is 0 Å². The first-order valence-electron chi connectivity index (χ1n) is 8.13. The van der Waals surface area contributed by atoms with Crippen molar-refractivity contribution in [2.45, 2.75) is 13.0 Å². The quantitative estimate of drug-likeness (QED) is 0.590. The van der Waals surface area contributed by atoms with Crippen molar-refractivity contribution in [3.63, 3.8) is 0 Å². The van der Waals surface area contributed by atoms with Gasteiger partial charge in [0.15, 0.2) is 0 Å². The third-order valence-electron chi connectivity index (χ3n) is 4.55. The Bertz CT molecular complexity index is 906. The first-order chi connectivity index (χ1) is 12.4. The minimum Gasteiger partial charge on any atom is -0.314 e. The van der Waals surface area contributed by atoms with E-state index in [1.165, 1.54) is 27.9 Å². The molecule has 1 aromatic heterocycles. The molecule has 2 heterocycles. The number of fused-ring (bicyclic) bond motifs is 1. The molecule has 0 radical (unpaired) electrons. The van der Waals surface area contributed by atoms with Crippen molar-refractivity contribution in [2.24, 2.45) is 7.05 Å². The van der Waals surface area contributed by atoms with Crippen molar-refractivity contribution in [2.75, 3.05) is 25.0 Å². The number of carbonyl (C=O) groups is 1. The maximum atomic E-state index is 12.5. The molecule has 136 valence electrons. The Morgan fingerprint density at radius 3 is 2.69 bits per heavy atom. The van der Waals surface area contributed by atoms with E-state index in [2.05, 4.69) is 4.98 Å². The van der Waals surface area contributed by atoms with Crippen LogP contribution in [0.15, 0.2) is 35.4 Å². The zero-order chi connectivity index (χ0) is 18.8. The molecule has 0 saturated heterocycles. The summed E-state index contributed by atoms with van der Waals surface area (Å²) in [4.78, 5) is 42.6. The summed E-state index contributed by atoms with van der Waals surface area (Å²) in [6, 6.07) is 5.84. The molecule has 1 aromatic carbocycles. The lowest BCUT2D eigenvalue weighted by atomic mass is 10.1. The number of nitro groups is 1. The molecule has 0 unspecified atom stereocenters. The van der Waals surface area contributed by atoms with Gasteiger partial charge in [0.05, 0.1) is 23.5 Å². The van der Waals surface area contributed by atoms with E-state index in [1.807, 2.05) is 4.90 Å². The summed E-state index contributed by atoms with van der Waals surface area (Å²) < 4.78 is 1.46. The molecule has 0 atom stereocenters. The zero-order valence-electron chi connectivity index (χ0n) is 14.6. The number of hydrogen-bond donors (Lipinski definition) is 0. The van der Waals surface area contributed by atoms with Gasteiger partial charge in [-0.3, -0.25) is 24.6 Å².